The first-order chi connectivity index (χ1) is 7.13. The van der Waals surface area contributed by atoms with Crippen LogP contribution in [0.15, 0.2) is 12.1 Å². The average molecular weight is 258 g/mol. The fourth-order valence-corrected chi connectivity index (χ4v) is 2.89. The quantitative estimate of drug-likeness (QED) is 0.495. The number of hydrogen-bond acceptors (Lipinski definition) is 6. The summed E-state index contributed by atoms with van der Waals surface area (Å²) in [4.78, 5) is 13.5. The maximum Gasteiger partial charge on any atom is 0.183 e. The Morgan fingerprint density at radius 1 is 1.60 bits per heavy atom. The van der Waals surface area contributed by atoms with Crippen LogP contribution in [0.5, 0.6) is 0 Å². The van der Waals surface area contributed by atoms with E-state index in [1.807, 2.05) is 19.1 Å². The fraction of sp³-hybridized carbons (Fsp3) is 0.222. The van der Waals surface area contributed by atoms with Gasteiger partial charge in [0.25, 0.3) is 0 Å². The first-order valence-electron chi connectivity index (χ1n) is 4.10. The predicted molar refractivity (Wildman–Crippen MR) is 69.9 cm³/mol. The van der Waals surface area contributed by atoms with Crippen LogP contribution in [0.4, 0.5) is 0 Å². The third-order valence-electron chi connectivity index (χ3n) is 1.52. The Morgan fingerprint density at radius 3 is 2.87 bits per heavy atom. The van der Waals surface area contributed by atoms with Crippen LogP contribution >= 0.6 is 34.9 Å². The van der Waals surface area contributed by atoms with Crippen LogP contribution in [0.2, 0.25) is 0 Å². The monoisotopic (exact) mass is 258 g/mol. The molecule has 0 bridgehead atoms. The summed E-state index contributed by atoms with van der Waals surface area (Å²) in [6.07, 6.45) is 0. The molecule has 15 heavy (non-hydrogen) atoms. The SMILES string of the molecule is Cc1ccc(C(=O)CSC(=N)SC=N)s1. The summed E-state index contributed by atoms with van der Waals surface area (Å²) in [5, 5.41) is 14.2. The van der Waals surface area contributed by atoms with E-state index in [1.165, 1.54) is 23.1 Å². The Labute approximate surface area is 101 Å². The molecule has 80 valence electrons. The lowest BCUT2D eigenvalue weighted by atomic mass is 10.3. The predicted octanol–water partition coefficient (Wildman–Crippen LogP) is 3.25. The molecule has 0 saturated heterocycles. The van der Waals surface area contributed by atoms with Crippen molar-refractivity contribution in [3.05, 3.63) is 21.9 Å². The second-order valence-corrected chi connectivity index (χ2v) is 6.06. The van der Waals surface area contributed by atoms with Crippen LogP contribution in [0.25, 0.3) is 0 Å². The molecule has 0 aliphatic carbocycles. The van der Waals surface area contributed by atoms with Crippen molar-refractivity contribution in [1.29, 1.82) is 10.8 Å². The minimum absolute atomic E-state index is 0.0495. The van der Waals surface area contributed by atoms with Gasteiger partial charge in [0.15, 0.2) is 5.78 Å². The van der Waals surface area contributed by atoms with Gasteiger partial charge in [0.1, 0.15) is 4.38 Å². The first-order valence-corrected chi connectivity index (χ1v) is 6.78. The second kappa shape index (κ2) is 6.09. The topological polar surface area (TPSA) is 64.8 Å². The third kappa shape index (κ3) is 4.19. The van der Waals surface area contributed by atoms with Gasteiger partial charge in [-0.05, 0) is 19.1 Å². The van der Waals surface area contributed by atoms with Crippen molar-refractivity contribution in [2.45, 2.75) is 6.92 Å². The Morgan fingerprint density at radius 2 is 2.33 bits per heavy atom. The van der Waals surface area contributed by atoms with E-state index in [9.17, 15) is 4.79 Å². The average Bonchev–Trinajstić information content (AvgIpc) is 2.62. The number of thiophene rings is 1. The highest BCUT2D eigenvalue weighted by Crippen LogP contribution is 2.19. The molecule has 0 amide bonds. The Bertz CT molecular complexity index is 386. The Hall–Kier alpha value is -0.590. The van der Waals surface area contributed by atoms with Crippen molar-refractivity contribution < 1.29 is 4.79 Å². The molecule has 1 heterocycles. The van der Waals surface area contributed by atoms with Crippen molar-refractivity contribution in [3.8, 4) is 0 Å². The van der Waals surface area contributed by atoms with Crippen LogP contribution in [-0.2, 0) is 0 Å². The van der Waals surface area contributed by atoms with Gasteiger partial charge in [-0.15, -0.1) is 11.3 Å². The number of Topliss-reactive ketones (excluding diaryl/α,β-unsaturated/α-hetero) is 1. The number of ketones is 1. The highest BCUT2D eigenvalue weighted by Gasteiger charge is 2.09. The summed E-state index contributed by atoms with van der Waals surface area (Å²) >= 11 is 3.65. The van der Waals surface area contributed by atoms with E-state index in [4.69, 9.17) is 10.8 Å². The molecule has 1 aromatic heterocycles. The van der Waals surface area contributed by atoms with Crippen LogP contribution in [0.3, 0.4) is 0 Å². The van der Waals surface area contributed by atoms with Gasteiger partial charge < -0.3 is 5.41 Å². The molecule has 0 aliphatic rings. The molecule has 6 heteroatoms. The minimum Gasteiger partial charge on any atom is -0.301 e. The maximum atomic E-state index is 11.6. The van der Waals surface area contributed by atoms with Gasteiger partial charge in [-0.25, -0.2) is 0 Å². The van der Waals surface area contributed by atoms with Crippen molar-refractivity contribution in [2.24, 2.45) is 0 Å². The molecule has 2 N–H and O–H groups in total. The molecule has 0 saturated carbocycles. The summed E-state index contributed by atoms with van der Waals surface area (Å²) in [6.45, 7) is 1.96. The lowest BCUT2D eigenvalue weighted by Crippen LogP contribution is -2.01. The first kappa shape index (κ1) is 12.5. The molecule has 0 fully saturated rings. The molecule has 0 spiro atoms. The van der Waals surface area contributed by atoms with Gasteiger partial charge in [0.2, 0.25) is 0 Å². The van der Waals surface area contributed by atoms with Crippen molar-refractivity contribution >= 4 is 50.6 Å². The molecule has 0 unspecified atom stereocenters. The van der Waals surface area contributed by atoms with E-state index in [1.54, 1.807) is 0 Å². The van der Waals surface area contributed by atoms with Gasteiger partial charge >= 0.3 is 0 Å². The number of hydrogen-bond donors (Lipinski definition) is 2. The van der Waals surface area contributed by atoms with Crippen molar-refractivity contribution in [1.82, 2.24) is 0 Å². The standard InChI is InChI=1S/C9H10N2OS3/c1-6-2-3-8(15-6)7(12)4-13-9(11)14-5-10/h2-3,5,10-11H,4H2,1H3. The largest absolute Gasteiger partial charge is 0.301 e. The van der Waals surface area contributed by atoms with Crippen LogP contribution in [-0.4, -0.2) is 21.5 Å². The molecule has 0 atom stereocenters. The number of carbonyl (C=O) groups is 1. The molecule has 0 aromatic carbocycles. The van der Waals surface area contributed by atoms with E-state index in [-0.39, 0.29) is 15.9 Å². The lowest BCUT2D eigenvalue weighted by molar-refractivity contribution is 0.102. The number of rotatable bonds is 4. The number of carbonyl (C=O) groups excluding carboxylic acids is 1. The van der Waals surface area contributed by atoms with Crippen LogP contribution in [0.1, 0.15) is 14.5 Å². The lowest BCUT2D eigenvalue weighted by Gasteiger charge is -1.97. The van der Waals surface area contributed by atoms with E-state index in [2.05, 4.69) is 0 Å². The van der Waals surface area contributed by atoms with E-state index in [0.29, 0.717) is 0 Å². The molecule has 1 aromatic rings. The smallest absolute Gasteiger partial charge is 0.183 e. The number of aryl methyl sites for hydroxylation is 1. The minimum atomic E-state index is 0.0495. The van der Waals surface area contributed by atoms with Crippen molar-refractivity contribution in [3.63, 3.8) is 0 Å². The molecule has 1 rings (SSSR count). The molecular formula is C9H10N2OS3. The van der Waals surface area contributed by atoms with E-state index >= 15 is 0 Å². The molecule has 0 radical (unpaired) electrons. The summed E-state index contributed by atoms with van der Waals surface area (Å²) in [5.74, 6) is 0.327. The zero-order valence-electron chi connectivity index (χ0n) is 8.07. The van der Waals surface area contributed by atoms with E-state index < -0.39 is 0 Å². The molecule has 0 aliphatic heterocycles. The van der Waals surface area contributed by atoms with Gasteiger partial charge in [0.05, 0.1) is 16.2 Å². The Kier molecular flexibility index (Phi) is 5.07. The third-order valence-corrected chi connectivity index (χ3v) is 4.20. The van der Waals surface area contributed by atoms with Gasteiger partial charge in [-0.2, -0.15) is 0 Å². The summed E-state index contributed by atoms with van der Waals surface area (Å²) in [6, 6.07) is 3.73. The summed E-state index contributed by atoms with van der Waals surface area (Å²) in [7, 11) is 0. The maximum absolute atomic E-state index is 11.6. The van der Waals surface area contributed by atoms with Gasteiger partial charge in [0, 0.05) is 4.88 Å². The van der Waals surface area contributed by atoms with Crippen molar-refractivity contribution in [2.75, 3.05) is 5.75 Å². The summed E-state index contributed by atoms with van der Waals surface area (Å²) in [5.41, 5.74) is 1.09. The zero-order valence-corrected chi connectivity index (χ0v) is 10.5. The number of thioether (sulfide) groups is 2. The fourth-order valence-electron chi connectivity index (χ4n) is 0.874. The molecular weight excluding hydrogens is 248 g/mol. The van der Waals surface area contributed by atoms with E-state index in [0.717, 1.165) is 27.1 Å². The highest BCUT2D eigenvalue weighted by atomic mass is 32.2. The van der Waals surface area contributed by atoms with Crippen LogP contribution < -0.4 is 0 Å². The van der Waals surface area contributed by atoms with Gasteiger partial charge in [-0.3, -0.25) is 10.2 Å². The highest BCUT2D eigenvalue weighted by molar-refractivity contribution is 8.44. The van der Waals surface area contributed by atoms with Gasteiger partial charge in [-0.1, -0.05) is 23.5 Å². The zero-order chi connectivity index (χ0) is 11.3. The Balaban J connectivity index is 2.43. The second-order valence-electron chi connectivity index (χ2n) is 2.65. The molecule has 3 nitrogen and oxygen atoms in total. The normalized spacial score (nSPS) is 9.93. The summed E-state index contributed by atoms with van der Waals surface area (Å²) < 4.78 is 0.284. The number of nitrogens with one attached hydrogen (secondary N) is 2. The van der Waals surface area contributed by atoms with Crippen LogP contribution in [0, 0.1) is 17.7 Å².